The van der Waals surface area contributed by atoms with Crippen molar-refractivity contribution in [2.24, 2.45) is 5.92 Å². The highest BCUT2D eigenvalue weighted by molar-refractivity contribution is 7.85. The number of carboxylic acid groups (broad SMARTS) is 1. The molecule has 0 amide bonds. The minimum absolute atomic E-state index is 0.162. The van der Waals surface area contributed by atoms with Crippen LogP contribution in [0.3, 0.4) is 0 Å². The van der Waals surface area contributed by atoms with Crippen LogP contribution in [0.25, 0.3) is 0 Å². The molecule has 1 aromatic rings. The molecule has 23 heavy (non-hydrogen) atoms. The van der Waals surface area contributed by atoms with Gasteiger partial charge in [-0.15, -0.1) is 0 Å². The minimum Gasteiger partial charge on any atom is -0.478 e. The highest BCUT2D eigenvalue weighted by Gasteiger charge is 2.60. The number of halogens is 5. The van der Waals surface area contributed by atoms with Gasteiger partial charge >= 0.3 is 18.1 Å². The summed E-state index contributed by atoms with van der Waals surface area (Å²) < 4.78 is 77.7. The van der Waals surface area contributed by atoms with E-state index in [0.717, 1.165) is 6.92 Å². The van der Waals surface area contributed by atoms with E-state index in [1.165, 1.54) is 0 Å². The Kier molecular flexibility index (Phi) is 5.56. The van der Waals surface area contributed by atoms with Gasteiger partial charge in [0.05, 0.1) is 21.3 Å². The first kappa shape index (κ1) is 19.5. The van der Waals surface area contributed by atoms with E-state index in [2.05, 4.69) is 0 Å². The summed E-state index contributed by atoms with van der Waals surface area (Å²) in [6.07, 6.45) is -5.87. The summed E-state index contributed by atoms with van der Waals surface area (Å²) >= 11 is 0. The first-order chi connectivity index (χ1) is 10.3. The second-order valence-electron chi connectivity index (χ2n) is 5.40. The maximum absolute atomic E-state index is 13.7. The van der Waals surface area contributed by atoms with Crippen molar-refractivity contribution in [1.82, 2.24) is 0 Å². The van der Waals surface area contributed by atoms with Crippen molar-refractivity contribution in [2.45, 2.75) is 37.8 Å². The summed E-state index contributed by atoms with van der Waals surface area (Å²) in [4.78, 5) is 10.3. The van der Waals surface area contributed by atoms with Crippen molar-refractivity contribution in [3.63, 3.8) is 0 Å². The van der Waals surface area contributed by atoms with E-state index in [1.54, 1.807) is 13.8 Å². The van der Waals surface area contributed by atoms with Crippen LogP contribution in [0.5, 0.6) is 0 Å². The van der Waals surface area contributed by atoms with Crippen LogP contribution in [0.2, 0.25) is 0 Å². The molecule has 1 N–H and O–H groups in total. The Morgan fingerprint density at radius 1 is 1.22 bits per heavy atom. The van der Waals surface area contributed by atoms with Crippen LogP contribution in [0.15, 0.2) is 17.0 Å². The van der Waals surface area contributed by atoms with Crippen molar-refractivity contribution < 1.29 is 36.1 Å². The minimum atomic E-state index is -5.87. The molecule has 0 unspecified atom stereocenters. The van der Waals surface area contributed by atoms with E-state index >= 15 is 0 Å². The van der Waals surface area contributed by atoms with Gasteiger partial charge in [0.15, 0.2) is 0 Å². The van der Waals surface area contributed by atoms with Crippen LogP contribution in [0.1, 0.15) is 35.3 Å². The van der Waals surface area contributed by atoms with Crippen LogP contribution in [0.4, 0.5) is 22.0 Å². The number of benzene rings is 1. The Morgan fingerprint density at radius 2 is 1.74 bits per heavy atom. The Balaban J connectivity index is 3.69. The summed E-state index contributed by atoms with van der Waals surface area (Å²) in [6.45, 7) is 4.32. The Labute approximate surface area is 132 Å². The van der Waals surface area contributed by atoms with Gasteiger partial charge in [0.1, 0.15) is 0 Å². The van der Waals surface area contributed by atoms with Crippen molar-refractivity contribution in [3.05, 3.63) is 28.8 Å². The summed E-state index contributed by atoms with van der Waals surface area (Å²) in [5, 5.41) is 9.00. The molecule has 0 bridgehead atoms. The summed E-state index contributed by atoms with van der Waals surface area (Å²) in [6, 6.07) is 1.06. The number of rotatable bonds is 5. The molecule has 0 heterocycles. The lowest BCUT2D eigenvalue weighted by molar-refractivity contribution is -0.290. The largest absolute Gasteiger partial charge is 0.478 e. The lowest BCUT2D eigenvalue weighted by Crippen LogP contribution is -2.35. The third-order valence-corrected chi connectivity index (χ3v) is 4.99. The van der Waals surface area contributed by atoms with Gasteiger partial charge in [-0.25, -0.2) is 4.79 Å². The molecule has 0 radical (unpaired) electrons. The fourth-order valence-corrected chi connectivity index (χ4v) is 3.67. The zero-order valence-corrected chi connectivity index (χ0v) is 13.3. The standard InChI is InChI=1S/C14H15F5O3S/c1-7(2)6-23(22)11-8(3)9(12(20)21)4-5-10(11)13(15,16)14(17,18)19/h4-5,7H,6H2,1-3H3,(H,20,21)/t23-/m0/s1. The summed E-state index contributed by atoms with van der Waals surface area (Å²) in [5.41, 5.74) is -2.27. The number of aromatic carboxylic acids is 1. The molecule has 0 aromatic heterocycles. The lowest BCUT2D eigenvalue weighted by atomic mass is 10.0. The van der Waals surface area contributed by atoms with Gasteiger partial charge in [0.25, 0.3) is 0 Å². The molecule has 0 aliphatic rings. The molecule has 130 valence electrons. The van der Waals surface area contributed by atoms with E-state index in [0.29, 0.717) is 12.1 Å². The second kappa shape index (κ2) is 6.54. The normalized spacial score (nSPS) is 14.1. The zero-order valence-electron chi connectivity index (χ0n) is 12.5. The number of alkyl halides is 5. The quantitative estimate of drug-likeness (QED) is 0.806. The highest BCUT2D eigenvalue weighted by atomic mass is 32.2. The molecule has 0 saturated heterocycles. The molecule has 0 spiro atoms. The molecular weight excluding hydrogens is 343 g/mol. The first-order valence-electron chi connectivity index (χ1n) is 6.51. The van der Waals surface area contributed by atoms with Crippen molar-refractivity contribution in [2.75, 3.05) is 5.75 Å². The average Bonchev–Trinajstić information content (AvgIpc) is 2.35. The van der Waals surface area contributed by atoms with E-state index < -0.39 is 44.9 Å². The van der Waals surface area contributed by atoms with Gasteiger partial charge in [-0.05, 0) is 24.5 Å². The van der Waals surface area contributed by atoms with Crippen LogP contribution in [-0.2, 0) is 16.7 Å². The molecule has 0 aliphatic carbocycles. The predicted octanol–water partition coefficient (Wildman–Crippen LogP) is 4.11. The van der Waals surface area contributed by atoms with Gasteiger partial charge in [-0.1, -0.05) is 19.9 Å². The maximum atomic E-state index is 13.7. The zero-order chi connectivity index (χ0) is 18.2. The Hall–Kier alpha value is -1.51. The lowest BCUT2D eigenvalue weighted by Gasteiger charge is -2.24. The molecule has 3 nitrogen and oxygen atoms in total. The molecule has 1 aromatic carbocycles. The second-order valence-corrected chi connectivity index (χ2v) is 6.83. The molecular formula is C14H15F5O3S. The van der Waals surface area contributed by atoms with Crippen LogP contribution in [-0.4, -0.2) is 27.2 Å². The first-order valence-corrected chi connectivity index (χ1v) is 7.82. The van der Waals surface area contributed by atoms with Crippen molar-refractivity contribution >= 4 is 16.8 Å². The third kappa shape index (κ3) is 3.88. The van der Waals surface area contributed by atoms with Crippen LogP contribution in [0, 0.1) is 12.8 Å². The van der Waals surface area contributed by atoms with Crippen LogP contribution < -0.4 is 0 Å². The summed E-state index contributed by atoms with van der Waals surface area (Å²) in [7, 11) is -2.19. The maximum Gasteiger partial charge on any atom is 0.458 e. The highest BCUT2D eigenvalue weighted by Crippen LogP contribution is 2.46. The predicted molar refractivity (Wildman–Crippen MR) is 74.2 cm³/mol. The smallest absolute Gasteiger partial charge is 0.458 e. The number of carboxylic acids is 1. The van der Waals surface area contributed by atoms with Gasteiger partial charge in [-0.3, -0.25) is 4.21 Å². The van der Waals surface area contributed by atoms with Crippen molar-refractivity contribution in [1.29, 1.82) is 0 Å². The average molecular weight is 358 g/mol. The molecule has 0 aliphatic heterocycles. The molecule has 0 fully saturated rings. The fraction of sp³-hybridized carbons (Fsp3) is 0.500. The molecule has 1 rings (SSSR count). The topological polar surface area (TPSA) is 54.4 Å². The third-order valence-electron chi connectivity index (χ3n) is 3.04. The van der Waals surface area contributed by atoms with Crippen molar-refractivity contribution in [3.8, 4) is 0 Å². The van der Waals surface area contributed by atoms with Gasteiger partial charge in [0, 0.05) is 11.3 Å². The van der Waals surface area contributed by atoms with Gasteiger partial charge < -0.3 is 5.11 Å². The van der Waals surface area contributed by atoms with E-state index in [4.69, 9.17) is 5.11 Å². The number of carbonyl (C=O) groups is 1. The molecule has 0 saturated carbocycles. The van der Waals surface area contributed by atoms with Gasteiger partial charge in [0.2, 0.25) is 0 Å². The Morgan fingerprint density at radius 3 is 2.13 bits per heavy atom. The van der Waals surface area contributed by atoms with E-state index in [9.17, 15) is 31.0 Å². The number of hydrogen-bond donors (Lipinski definition) is 1. The molecule has 9 heteroatoms. The number of hydrogen-bond acceptors (Lipinski definition) is 2. The summed E-state index contributed by atoms with van der Waals surface area (Å²) in [5.74, 6) is -7.12. The van der Waals surface area contributed by atoms with Gasteiger partial charge in [-0.2, -0.15) is 22.0 Å². The fourth-order valence-electron chi connectivity index (χ4n) is 2.00. The molecule has 1 atom stereocenters. The SMILES string of the molecule is Cc1c(C(=O)O)ccc(C(F)(F)C(F)(F)F)c1[S@@](=O)CC(C)C. The Bertz CT molecular complexity index is 638. The van der Waals surface area contributed by atoms with E-state index in [1.807, 2.05) is 0 Å². The van der Waals surface area contributed by atoms with Crippen LogP contribution >= 0.6 is 0 Å². The monoisotopic (exact) mass is 358 g/mol. The van der Waals surface area contributed by atoms with E-state index in [-0.39, 0.29) is 17.2 Å².